The summed E-state index contributed by atoms with van der Waals surface area (Å²) in [6.45, 7) is 2.21. The van der Waals surface area contributed by atoms with Gasteiger partial charge in [-0.3, -0.25) is 9.79 Å². The van der Waals surface area contributed by atoms with Crippen LogP contribution in [0, 0.1) is 0 Å². The van der Waals surface area contributed by atoms with Gasteiger partial charge in [0.2, 0.25) is 5.91 Å². The SMILES string of the molecule is CN=C(NCCOC)NCC(=O)N1CCc2ccccc21.I. The number of nitrogens with one attached hydrogen (secondary N) is 2. The van der Waals surface area contributed by atoms with E-state index in [2.05, 4.69) is 21.7 Å². The van der Waals surface area contributed by atoms with Gasteiger partial charge in [0.1, 0.15) is 0 Å². The van der Waals surface area contributed by atoms with Crippen LogP contribution in [0.5, 0.6) is 0 Å². The van der Waals surface area contributed by atoms with Crippen molar-refractivity contribution in [2.24, 2.45) is 4.99 Å². The number of ether oxygens (including phenoxy) is 1. The van der Waals surface area contributed by atoms with Crippen molar-refractivity contribution < 1.29 is 9.53 Å². The Morgan fingerprint density at radius 2 is 2.14 bits per heavy atom. The van der Waals surface area contributed by atoms with Crippen LogP contribution in [0.4, 0.5) is 5.69 Å². The number of nitrogens with zero attached hydrogens (tertiary/aromatic N) is 2. The Balaban J connectivity index is 0.00000242. The minimum Gasteiger partial charge on any atom is -0.383 e. The number of halogens is 1. The zero-order chi connectivity index (χ0) is 15.1. The third-order valence-corrected chi connectivity index (χ3v) is 3.42. The van der Waals surface area contributed by atoms with Gasteiger partial charge in [0.15, 0.2) is 5.96 Å². The number of carbonyl (C=O) groups is 1. The molecule has 1 aliphatic heterocycles. The number of rotatable bonds is 5. The predicted molar refractivity (Wildman–Crippen MR) is 99.2 cm³/mol. The van der Waals surface area contributed by atoms with Gasteiger partial charge in [-0.25, -0.2) is 0 Å². The van der Waals surface area contributed by atoms with E-state index in [1.54, 1.807) is 14.2 Å². The molecular formula is C15H23IN4O2. The number of carbonyl (C=O) groups excluding carboxylic acids is 1. The van der Waals surface area contributed by atoms with Crippen LogP contribution in [0.1, 0.15) is 5.56 Å². The maximum atomic E-state index is 12.3. The highest BCUT2D eigenvalue weighted by Gasteiger charge is 2.23. The Morgan fingerprint density at radius 3 is 2.86 bits per heavy atom. The van der Waals surface area contributed by atoms with E-state index in [1.165, 1.54) is 5.56 Å². The second-order valence-electron chi connectivity index (χ2n) is 4.77. The van der Waals surface area contributed by atoms with Crippen molar-refractivity contribution in [2.75, 3.05) is 45.3 Å². The van der Waals surface area contributed by atoms with Crippen molar-refractivity contribution in [1.29, 1.82) is 0 Å². The molecule has 0 atom stereocenters. The lowest BCUT2D eigenvalue weighted by molar-refractivity contribution is -0.117. The predicted octanol–water partition coefficient (Wildman–Crippen LogP) is 1.01. The fraction of sp³-hybridized carbons (Fsp3) is 0.467. The van der Waals surface area contributed by atoms with Gasteiger partial charge in [-0.05, 0) is 18.1 Å². The van der Waals surface area contributed by atoms with Crippen molar-refractivity contribution in [1.82, 2.24) is 10.6 Å². The highest BCUT2D eigenvalue weighted by Crippen LogP contribution is 2.27. The Bertz CT molecular complexity index is 522. The molecule has 0 fully saturated rings. The normalized spacial score (nSPS) is 13.4. The fourth-order valence-corrected chi connectivity index (χ4v) is 2.34. The molecule has 6 nitrogen and oxygen atoms in total. The van der Waals surface area contributed by atoms with Gasteiger partial charge in [0.05, 0.1) is 13.2 Å². The lowest BCUT2D eigenvalue weighted by Crippen LogP contribution is -2.45. The molecule has 1 aliphatic rings. The number of para-hydroxylation sites is 1. The van der Waals surface area contributed by atoms with E-state index < -0.39 is 0 Å². The molecule has 0 aromatic heterocycles. The number of methoxy groups -OCH3 is 1. The van der Waals surface area contributed by atoms with Gasteiger partial charge < -0.3 is 20.3 Å². The fourth-order valence-electron chi connectivity index (χ4n) is 2.34. The first-order chi connectivity index (χ1) is 10.3. The average molecular weight is 418 g/mol. The molecule has 2 rings (SSSR count). The van der Waals surface area contributed by atoms with E-state index in [0.717, 1.165) is 18.7 Å². The highest BCUT2D eigenvalue weighted by molar-refractivity contribution is 14.0. The van der Waals surface area contributed by atoms with E-state index >= 15 is 0 Å². The van der Waals surface area contributed by atoms with Crippen LogP contribution < -0.4 is 15.5 Å². The summed E-state index contributed by atoms with van der Waals surface area (Å²) < 4.78 is 4.96. The van der Waals surface area contributed by atoms with Crippen LogP contribution in [0.2, 0.25) is 0 Å². The number of aliphatic imine (C=N–C) groups is 1. The molecule has 0 spiro atoms. The van der Waals surface area contributed by atoms with Gasteiger partial charge in [0.25, 0.3) is 0 Å². The first-order valence-electron chi connectivity index (χ1n) is 7.08. The summed E-state index contributed by atoms with van der Waals surface area (Å²) in [4.78, 5) is 18.2. The number of anilines is 1. The molecule has 122 valence electrons. The molecule has 22 heavy (non-hydrogen) atoms. The molecule has 0 bridgehead atoms. The Labute approximate surface area is 148 Å². The summed E-state index contributed by atoms with van der Waals surface area (Å²) in [6, 6.07) is 8.03. The molecule has 0 radical (unpaired) electrons. The summed E-state index contributed by atoms with van der Waals surface area (Å²) >= 11 is 0. The number of amides is 1. The van der Waals surface area contributed by atoms with Crippen molar-refractivity contribution in [3.63, 3.8) is 0 Å². The maximum Gasteiger partial charge on any atom is 0.246 e. The minimum atomic E-state index is 0. The molecule has 1 aromatic carbocycles. The molecule has 1 amide bonds. The van der Waals surface area contributed by atoms with Crippen molar-refractivity contribution in [2.45, 2.75) is 6.42 Å². The lowest BCUT2D eigenvalue weighted by Gasteiger charge is -2.18. The molecule has 0 aliphatic carbocycles. The molecule has 0 unspecified atom stereocenters. The third kappa shape index (κ3) is 4.84. The summed E-state index contributed by atoms with van der Waals surface area (Å²) in [5.74, 6) is 0.655. The average Bonchev–Trinajstić information content (AvgIpc) is 2.94. The van der Waals surface area contributed by atoms with Crippen LogP contribution >= 0.6 is 24.0 Å². The summed E-state index contributed by atoms with van der Waals surface area (Å²) in [6.07, 6.45) is 0.919. The second-order valence-corrected chi connectivity index (χ2v) is 4.77. The van der Waals surface area contributed by atoms with Gasteiger partial charge >= 0.3 is 0 Å². The van der Waals surface area contributed by atoms with E-state index in [1.807, 2.05) is 23.1 Å². The molecule has 2 N–H and O–H groups in total. The van der Waals surface area contributed by atoms with E-state index in [0.29, 0.717) is 19.1 Å². The first kappa shape index (κ1) is 18.7. The molecule has 0 saturated heterocycles. The Hall–Kier alpha value is -1.35. The Morgan fingerprint density at radius 1 is 1.36 bits per heavy atom. The van der Waals surface area contributed by atoms with Crippen LogP contribution in [0.15, 0.2) is 29.3 Å². The van der Waals surface area contributed by atoms with Crippen LogP contribution in [0.3, 0.4) is 0 Å². The highest BCUT2D eigenvalue weighted by atomic mass is 127. The van der Waals surface area contributed by atoms with Gasteiger partial charge in [0, 0.05) is 32.9 Å². The minimum absolute atomic E-state index is 0. The molecule has 1 aromatic rings. The number of guanidine groups is 1. The van der Waals surface area contributed by atoms with Crippen LogP contribution in [0.25, 0.3) is 0 Å². The van der Waals surface area contributed by atoms with Gasteiger partial charge in [-0.1, -0.05) is 18.2 Å². The first-order valence-corrected chi connectivity index (χ1v) is 7.08. The van der Waals surface area contributed by atoms with E-state index in [-0.39, 0.29) is 36.4 Å². The number of fused-ring (bicyclic) bond motifs is 1. The number of benzene rings is 1. The van der Waals surface area contributed by atoms with Crippen LogP contribution in [-0.2, 0) is 16.0 Å². The monoisotopic (exact) mass is 418 g/mol. The molecular weight excluding hydrogens is 395 g/mol. The van der Waals surface area contributed by atoms with E-state index in [9.17, 15) is 4.79 Å². The third-order valence-electron chi connectivity index (χ3n) is 3.42. The zero-order valence-electron chi connectivity index (χ0n) is 13.0. The summed E-state index contributed by atoms with van der Waals surface area (Å²) in [7, 11) is 3.32. The number of hydrogen-bond acceptors (Lipinski definition) is 3. The van der Waals surface area contributed by atoms with Crippen molar-refractivity contribution in [3.8, 4) is 0 Å². The van der Waals surface area contributed by atoms with Crippen LogP contribution in [-0.4, -0.2) is 52.3 Å². The quantitative estimate of drug-likeness (QED) is 0.324. The lowest BCUT2D eigenvalue weighted by atomic mass is 10.2. The largest absolute Gasteiger partial charge is 0.383 e. The van der Waals surface area contributed by atoms with Gasteiger partial charge in [-0.15, -0.1) is 24.0 Å². The number of hydrogen-bond donors (Lipinski definition) is 2. The zero-order valence-corrected chi connectivity index (χ0v) is 15.3. The van der Waals surface area contributed by atoms with Crippen molar-refractivity contribution >= 4 is 41.5 Å². The second kappa shape index (κ2) is 9.62. The molecule has 0 saturated carbocycles. The molecule has 1 heterocycles. The summed E-state index contributed by atoms with van der Waals surface area (Å²) in [5, 5.41) is 6.11. The standard InChI is InChI=1S/C15H22N4O2.HI/c1-16-15(17-8-10-21-2)18-11-14(20)19-9-7-12-5-3-4-6-13(12)19;/h3-6H,7-11H2,1-2H3,(H2,16,17,18);1H. The topological polar surface area (TPSA) is 66.0 Å². The Kier molecular flexibility index (Phi) is 8.18. The summed E-state index contributed by atoms with van der Waals surface area (Å²) in [5.41, 5.74) is 2.25. The van der Waals surface area contributed by atoms with E-state index in [4.69, 9.17) is 4.74 Å². The molecule has 7 heteroatoms. The maximum absolute atomic E-state index is 12.3. The van der Waals surface area contributed by atoms with Gasteiger partial charge in [-0.2, -0.15) is 0 Å². The smallest absolute Gasteiger partial charge is 0.246 e. The van der Waals surface area contributed by atoms with Crippen molar-refractivity contribution in [3.05, 3.63) is 29.8 Å².